The Balaban J connectivity index is 1.20. The molecule has 2 amide bonds. The van der Waals surface area contributed by atoms with E-state index in [0.29, 0.717) is 12.6 Å². The van der Waals surface area contributed by atoms with Crippen LogP contribution in [-0.2, 0) is 9.53 Å². The molecule has 2 aromatic carbocycles. The van der Waals surface area contributed by atoms with Gasteiger partial charge in [0.2, 0.25) is 5.91 Å². The molecule has 10 heteroatoms. The van der Waals surface area contributed by atoms with Gasteiger partial charge in [-0.05, 0) is 67.0 Å². The maximum atomic E-state index is 13.5. The first kappa shape index (κ1) is 27.0. The van der Waals surface area contributed by atoms with Crippen LogP contribution < -0.4 is 10.6 Å². The van der Waals surface area contributed by atoms with E-state index in [-0.39, 0.29) is 17.9 Å². The Kier molecular flexibility index (Phi) is 7.49. The second-order valence-corrected chi connectivity index (χ2v) is 11.3. The Morgan fingerprint density at radius 3 is 2.51 bits per heavy atom. The molecule has 3 unspecified atom stereocenters. The number of carbonyl (C=O) groups excluding carboxylic acids is 2. The topological polar surface area (TPSA) is 128 Å². The standard InChI is InChI=1S/C31H37N7O3/c1-18(2)27(37-31(40)41-3)30(39)38-15-5-7-26(38)29-34-22-13-12-21(16-24(22)35-29)19-8-10-20(11-9-19)25-17-33-28(36-25)23-6-4-14-32-23/h8-13,16-18,23,26-27,32H,4-7,14-15H2,1-3H3,(H,33,36)(H,34,35)(H,37,40). The normalized spacial score (nSPS) is 19.7. The van der Waals surface area contributed by atoms with Crippen LogP contribution in [-0.4, -0.2) is 63.1 Å². The zero-order valence-electron chi connectivity index (χ0n) is 23.7. The zero-order valence-corrected chi connectivity index (χ0v) is 23.7. The van der Waals surface area contributed by atoms with Gasteiger partial charge in [0.15, 0.2) is 0 Å². The van der Waals surface area contributed by atoms with E-state index in [1.54, 1.807) is 0 Å². The number of H-pyrrole nitrogens is 2. The van der Waals surface area contributed by atoms with Crippen molar-refractivity contribution in [1.29, 1.82) is 0 Å². The Labute approximate surface area is 239 Å². The van der Waals surface area contributed by atoms with Crippen LogP contribution in [0, 0.1) is 5.92 Å². The minimum absolute atomic E-state index is 0.0768. The van der Waals surface area contributed by atoms with Gasteiger partial charge in [-0.1, -0.05) is 44.2 Å². The Hall–Kier alpha value is -4.18. The number of nitrogens with zero attached hydrogens (tertiary/aromatic N) is 3. The molecule has 2 aliphatic heterocycles. The van der Waals surface area contributed by atoms with Crippen LogP contribution in [0.1, 0.15) is 63.3 Å². The van der Waals surface area contributed by atoms with Crippen molar-refractivity contribution in [3.63, 3.8) is 0 Å². The Morgan fingerprint density at radius 1 is 1.00 bits per heavy atom. The van der Waals surface area contributed by atoms with Gasteiger partial charge in [0, 0.05) is 6.54 Å². The summed E-state index contributed by atoms with van der Waals surface area (Å²) in [6.07, 6.45) is 5.30. The molecule has 0 spiro atoms. The van der Waals surface area contributed by atoms with Crippen molar-refractivity contribution >= 4 is 23.0 Å². The molecule has 0 radical (unpaired) electrons. The third-order valence-corrected chi connectivity index (χ3v) is 8.26. The van der Waals surface area contributed by atoms with E-state index in [2.05, 4.69) is 62.0 Å². The molecule has 2 fully saturated rings. The van der Waals surface area contributed by atoms with Gasteiger partial charge in [0.05, 0.1) is 42.1 Å². The molecule has 10 nitrogen and oxygen atoms in total. The number of hydrogen-bond donors (Lipinski definition) is 4. The highest BCUT2D eigenvalue weighted by Gasteiger charge is 2.37. The molecule has 6 rings (SSSR count). The van der Waals surface area contributed by atoms with Crippen LogP contribution >= 0.6 is 0 Å². The molecule has 41 heavy (non-hydrogen) atoms. The third-order valence-electron chi connectivity index (χ3n) is 8.26. The average molecular weight is 556 g/mol. The summed E-state index contributed by atoms with van der Waals surface area (Å²) in [5.74, 6) is 1.58. The second-order valence-electron chi connectivity index (χ2n) is 11.3. The van der Waals surface area contributed by atoms with Gasteiger partial charge >= 0.3 is 6.09 Å². The lowest BCUT2D eigenvalue weighted by Gasteiger charge is -2.29. The number of ether oxygens (including phenoxy) is 1. The number of aromatic nitrogens is 4. The summed E-state index contributed by atoms with van der Waals surface area (Å²) in [6, 6.07) is 14.2. The smallest absolute Gasteiger partial charge is 0.407 e. The molecule has 4 N–H and O–H groups in total. The van der Waals surface area contributed by atoms with Gasteiger partial charge in [0.25, 0.3) is 0 Å². The number of rotatable bonds is 7. The quantitative estimate of drug-likeness (QED) is 0.252. The van der Waals surface area contributed by atoms with E-state index >= 15 is 0 Å². The minimum Gasteiger partial charge on any atom is -0.453 e. The van der Waals surface area contributed by atoms with Crippen LogP contribution in [0.15, 0.2) is 48.7 Å². The highest BCUT2D eigenvalue weighted by atomic mass is 16.5. The number of methoxy groups -OCH3 is 1. The van der Waals surface area contributed by atoms with Gasteiger partial charge in [-0.15, -0.1) is 0 Å². The van der Waals surface area contributed by atoms with E-state index in [4.69, 9.17) is 9.72 Å². The number of likely N-dealkylation sites (tertiary alicyclic amines) is 1. The highest BCUT2D eigenvalue weighted by Crippen LogP contribution is 2.34. The predicted molar refractivity (Wildman–Crippen MR) is 157 cm³/mol. The van der Waals surface area contributed by atoms with Gasteiger partial charge < -0.3 is 30.2 Å². The van der Waals surface area contributed by atoms with Crippen molar-refractivity contribution in [1.82, 2.24) is 35.5 Å². The number of imidazole rings is 2. The number of nitrogens with one attached hydrogen (secondary N) is 4. The van der Waals surface area contributed by atoms with Crippen molar-refractivity contribution in [2.24, 2.45) is 5.92 Å². The first-order valence-electron chi connectivity index (χ1n) is 14.4. The maximum Gasteiger partial charge on any atom is 0.407 e. The summed E-state index contributed by atoms with van der Waals surface area (Å²) in [7, 11) is 1.30. The fourth-order valence-electron chi connectivity index (χ4n) is 5.98. The largest absolute Gasteiger partial charge is 0.453 e. The van der Waals surface area contributed by atoms with Crippen LogP contribution in [0.5, 0.6) is 0 Å². The highest BCUT2D eigenvalue weighted by molar-refractivity contribution is 5.87. The maximum absolute atomic E-state index is 13.5. The number of fused-ring (bicyclic) bond motifs is 1. The number of alkyl carbamates (subject to hydrolysis) is 1. The average Bonchev–Trinajstić information content (AvgIpc) is 3.80. The summed E-state index contributed by atoms with van der Waals surface area (Å²) in [5, 5.41) is 6.19. The van der Waals surface area contributed by atoms with Crippen LogP contribution in [0.25, 0.3) is 33.4 Å². The molecular formula is C31H37N7O3. The van der Waals surface area contributed by atoms with E-state index in [1.807, 2.05) is 31.0 Å². The molecule has 0 bridgehead atoms. The van der Waals surface area contributed by atoms with Crippen molar-refractivity contribution in [3.05, 3.63) is 60.3 Å². The number of aromatic amines is 2. The number of benzene rings is 2. The van der Waals surface area contributed by atoms with Gasteiger partial charge in [-0.2, -0.15) is 0 Å². The molecule has 3 atom stereocenters. The molecular weight excluding hydrogens is 518 g/mol. The second kappa shape index (κ2) is 11.4. The van der Waals surface area contributed by atoms with Crippen LogP contribution in [0.2, 0.25) is 0 Å². The lowest BCUT2D eigenvalue weighted by atomic mass is 10.0. The summed E-state index contributed by atoms with van der Waals surface area (Å²) in [6.45, 7) is 5.50. The van der Waals surface area contributed by atoms with E-state index in [9.17, 15) is 9.59 Å². The molecule has 214 valence electrons. The van der Waals surface area contributed by atoms with Crippen molar-refractivity contribution in [2.45, 2.75) is 57.7 Å². The SMILES string of the molecule is COC(=O)NC(C(=O)N1CCCC1c1nc2ccc(-c3ccc(-c4cnc(C5CCCN5)[nH]4)cc3)cc2[nH]1)C(C)C. The first-order chi connectivity index (χ1) is 19.9. The van der Waals surface area contributed by atoms with E-state index in [0.717, 1.165) is 70.9 Å². The molecule has 4 aromatic rings. The molecule has 2 saturated heterocycles. The Bertz CT molecular complexity index is 1530. The summed E-state index contributed by atoms with van der Waals surface area (Å²) >= 11 is 0. The number of hydrogen-bond acceptors (Lipinski definition) is 6. The molecule has 2 aliphatic rings. The monoisotopic (exact) mass is 555 g/mol. The summed E-state index contributed by atoms with van der Waals surface area (Å²) in [4.78, 5) is 43.6. The van der Waals surface area contributed by atoms with Gasteiger partial charge in [-0.25, -0.2) is 14.8 Å². The third kappa shape index (κ3) is 5.44. The van der Waals surface area contributed by atoms with Crippen LogP contribution in [0.3, 0.4) is 0 Å². The van der Waals surface area contributed by atoms with Crippen molar-refractivity contribution in [2.75, 3.05) is 20.2 Å². The first-order valence-corrected chi connectivity index (χ1v) is 14.4. The molecule has 2 aromatic heterocycles. The van der Waals surface area contributed by atoms with Crippen LogP contribution in [0.4, 0.5) is 4.79 Å². The molecule has 0 saturated carbocycles. The minimum atomic E-state index is -0.658. The van der Waals surface area contributed by atoms with E-state index < -0.39 is 12.1 Å². The zero-order chi connectivity index (χ0) is 28.5. The van der Waals surface area contributed by atoms with E-state index in [1.165, 1.54) is 13.5 Å². The predicted octanol–water partition coefficient (Wildman–Crippen LogP) is 5.09. The van der Waals surface area contributed by atoms with Crippen molar-refractivity contribution in [3.8, 4) is 22.4 Å². The fraction of sp³-hybridized carbons (Fsp3) is 0.419. The number of carbonyl (C=O) groups is 2. The summed E-state index contributed by atoms with van der Waals surface area (Å²) < 4.78 is 4.75. The summed E-state index contributed by atoms with van der Waals surface area (Å²) in [5.41, 5.74) is 6.10. The number of amides is 2. The molecule has 4 heterocycles. The fourth-order valence-corrected chi connectivity index (χ4v) is 5.98. The van der Waals surface area contributed by atoms with Gasteiger partial charge in [0.1, 0.15) is 17.7 Å². The lowest BCUT2D eigenvalue weighted by molar-refractivity contribution is -0.135. The van der Waals surface area contributed by atoms with Crippen molar-refractivity contribution < 1.29 is 14.3 Å². The lowest BCUT2D eigenvalue weighted by Crippen LogP contribution is -2.51. The molecule has 0 aliphatic carbocycles. The Morgan fingerprint density at radius 2 is 1.78 bits per heavy atom. The van der Waals surface area contributed by atoms with Gasteiger partial charge in [-0.3, -0.25) is 4.79 Å².